The van der Waals surface area contributed by atoms with Gasteiger partial charge in [0, 0.05) is 36.2 Å². The highest BCUT2D eigenvalue weighted by molar-refractivity contribution is 7.17. The van der Waals surface area contributed by atoms with Crippen LogP contribution in [-0.4, -0.2) is 48.1 Å². The molecule has 0 saturated carbocycles. The third kappa shape index (κ3) is 6.95. The number of rotatable bonds is 10. The number of hydrogen-bond acceptors (Lipinski definition) is 8. The molecule has 3 unspecified atom stereocenters. The van der Waals surface area contributed by atoms with Crippen LogP contribution in [0.4, 0.5) is 32.6 Å². The Bertz CT molecular complexity index is 1610. The molecule has 1 aromatic heterocycles. The minimum Gasteiger partial charge on any atom is -0.496 e. The fraction of sp³-hybridized carbons (Fsp3) is 0.367. The minimum absolute atomic E-state index is 0.0901. The third-order valence-electron chi connectivity index (χ3n) is 8.00. The molecule has 0 bridgehead atoms. The maximum atomic E-state index is 14.2. The number of aromatic nitrogens is 1. The lowest BCUT2D eigenvalue weighted by Gasteiger charge is -2.33. The minimum atomic E-state index is -4.90. The summed E-state index contributed by atoms with van der Waals surface area (Å²) in [6.07, 6.45) is -5.70. The summed E-state index contributed by atoms with van der Waals surface area (Å²) < 4.78 is 80.6. The Labute approximate surface area is 264 Å². The van der Waals surface area contributed by atoms with Crippen molar-refractivity contribution in [3.63, 3.8) is 0 Å². The number of pyridine rings is 1. The van der Waals surface area contributed by atoms with Crippen LogP contribution in [0.2, 0.25) is 0 Å². The first-order chi connectivity index (χ1) is 21.7. The predicted molar refractivity (Wildman–Crippen MR) is 165 cm³/mol. The van der Waals surface area contributed by atoms with Crippen molar-refractivity contribution in [1.29, 1.82) is 0 Å². The molecule has 0 spiro atoms. The fourth-order valence-corrected chi connectivity index (χ4v) is 5.64. The molecule has 0 aliphatic carbocycles. The van der Waals surface area contributed by atoms with Crippen molar-refractivity contribution in [2.24, 2.45) is 16.7 Å². The number of alkyl halides is 5. The lowest BCUT2D eigenvalue weighted by molar-refractivity contribution is -0.137. The molecule has 2 fully saturated rings. The van der Waals surface area contributed by atoms with E-state index in [1.165, 1.54) is 21.2 Å². The Kier molecular flexibility index (Phi) is 9.28. The van der Waals surface area contributed by atoms with Gasteiger partial charge in [-0.05, 0) is 66.9 Å². The number of anilines is 1. The normalized spacial score (nSPS) is 18.8. The van der Waals surface area contributed by atoms with E-state index in [0.29, 0.717) is 34.5 Å². The summed E-state index contributed by atoms with van der Waals surface area (Å²) in [7, 11) is 2.75. The molecule has 3 heterocycles. The van der Waals surface area contributed by atoms with Gasteiger partial charge in [-0.1, -0.05) is 15.3 Å². The van der Waals surface area contributed by atoms with Gasteiger partial charge >= 0.3 is 12.3 Å². The average Bonchev–Trinajstić information content (AvgIpc) is 3.24. The second-order valence-electron chi connectivity index (χ2n) is 11.1. The lowest BCUT2D eigenvalue weighted by atomic mass is 9.96. The van der Waals surface area contributed by atoms with Gasteiger partial charge in [-0.25, -0.2) is 21.2 Å². The average molecular weight is 666 g/mol. The summed E-state index contributed by atoms with van der Waals surface area (Å²) in [5, 5.41) is 3.79. The first kappa shape index (κ1) is 33.1. The van der Waals surface area contributed by atoms with Crippen LogP contribution in [-0.2, 0) is 29.5 Å². The Hall–Kier alpha value is -4.23. The van der Waals surface area contributed by atoms with Gasteiger partial charge < -0.3 is 20.1 Å². The molecule has 246 valence electrons. The van der Waals surface area contributed by atoms with E-state index in [4.69, 9.17) is 26.0 Å². The number of carbonyl (C=O) groups excluding carboxylic acids is 1. The smallest absolute Gasteiger partial charge is 0.416 e. The Morgan fingerprint density at radius 3 is 2.43 bits per heavy atom. The molecule has 0 radical (unpaired) electrons. The van der Waals surface area contributed by atoms with Crippen LogP contribution < -0.4 is 26.7 Å². The van der Waals surface area contributed by atoms with Crippen molar-refractivity contribution in [3.8, 4) is 16.9 Å². The topological polar surface area (TPSA) is 131 Å². The highest BCUT2D eigenvalue weighted by Crippen LogP contribution is 2.43. The van der Waals surface area contributed by atoms with E-state index < -0.39 is 41.2 Å². The number of carbonyl (C=O) groups is 1. The zero-order valence-electron chi connectivity index (χ0n) is 24.9. The number of hydrazone groups is 1. The van der Waals surface area contributed by atoms with E-state index in [0.717, 1.165) is 37.2 Å². The van der Waals surface area contributed by atoms with Crippen LogP contribution in [0.15, 0.2) is 53.6 Å². The summed E-state index contributed by atoms with van der Waals surface area (Å²) >= 11 is 0. The number of hydrogen-bond donors (Lipinski definition) is 3. The summed E-state index contributed by atoms with van der Waals surface area (Å²) in [6.45, 7) is 3.11. The van der Waals surface area contributed by atoms with Gasteiger partial charge in [0.15, 0.2) is 0 Å². The van der Waals surface area contributed by atoms with Crippen molar-refractivity contribution in [2.45, 2.75) is 50.3 Å². The second-order valence-corrected chi connectivity index (χ2v) is 11.8. The highest BCUT2D eigenvalue weighted by atomic mass is 31.0. The number of halogens is 5. The van der Waals surface area contributed by atoms with Gasteiger partial charge in [0.05, 0.1) is 31.0 Å². The van der Waals surface area contributed by atoms with E-state index in [2.05, 4.69) is 15.5 Å². The first-order valence-corrected chi connectivity index (χ1v) is 14.8. The van der Waals surface area contributed by atoms with Gasteiger partial charge in [-0.2, -0.15) is 27.1 Å². The molecule has 3 aromatic rings. The number of nitrogens with one attached hydrogen (secondary N) is 1. The number of methoxy groups -OCH3 is 1. The molecule has 2 aromatic carbocycles. The summed E-state index contributed by atoms with van der Waals surface area (Å²) in [5.41, 5.74) is 4.66. The van der Waals surface area contributed by atoms with E-state index in [1.807, 2.05) is 24.3 Å². The molecule has 16 heteroatoms. The van der Waals surface area contributed by atoms with Gasteiger partial charge in [-0.15, -0.1) is 0 Å². The van der Waals surface area contributed by atoms with Crippen molar-refractivity contribution in [2.75, 3.05) is 25.1 Å². The second kappa shape index (κ2) is 12.9. The molecule has 2 aliphatic heterocycles. The largest absolute Gasteiger partial charge is 0.496 e. The number of nitrogens with zero attached hydrogens (tertiary/aromatic N) is 4. The Balaban J connectivity index is 1.54. The quantitative estimate of drug-likeness (QED) is 0.0667. The highest BCUT2D eigenvalue weighted by Gasteiger charge is 2.43. The Morgan fingerprint density at radius 1 is 1.11 bits per heavy atom. The number of ether oxygens (including phenoxy) is 2. The maximum absolute atomic E-state index is 14.2. The van der Waals surface area contributed by atoms with E-state index in [9.17, 15) is 26.7 Å². The molecule has 2 aliphatic rings. The summed E-state index contributed by atoms with van der Waals surface area (Å²) in [6, 6.07) is 10.4. The summed E-state index contributed by atoms with van der Waals surface area (Å²) in [5.74, 6) is 6.69. The van der Waals surface area contributed by atoms with Crippen LogP contribution in [0.1, 0.15) is 47.4 Å². The number of cyclic esters (lactones) is 1. The number of nitrogens with two attached hydrogens (primary N) is 2. The molecule has 5 N–H and O–H groups in total. The molecule has 46 heavy (non-hydrogen) atoms. The van der Waals surface area contributed by atoms with Gasteiger partial charge in [0.1, 0.15) is 23.5 Å². The first-order valence-electron chi connectivity index (χ1n) is 14.3. The van der Waals surface area contributed by atoms with Crippen LogP contribution in [0.5, 0.6) is 5.75 Å². The van der Waals surface area contributed by atoms with Crippen LogP contribution in [0.3, 0.4) is 0 Å². The van der Waals surface area contributed by atoms with Crippen LogP contribution in [0, 0.1) is 0 Å². The van der Waals surface area contributed by atoms with Crippen LogP contribution >= 0.6 is 9.24 Å². The number of amidine groups is 1. The molecule has 2 saturated heterocycles. The third-order valence-corrected chi connectivity index (χ3v) is 8.33. The lowest BCUT2D eigenvalue weighted by Crippen LogP contribution is -2.38. The van der Waals surface area contributed by atoms with Crippen molar-refractivity contribution in [3.05, 3.63) is 76.5 Å². The number of benzene rings is 2. The number of amides is 1. The maximum Gasteiger partial charge on any atom is 0.416 e. The molecule has 10 nitrogen and oxygen atoms in total. The fourth-order valence-electron chi connectivity index (χ4n) is 5.48. The van der Waals surface area contributed by atoms with Crippen molar-refractivity contribution in [1.82, 2.24) is 15.4 Å². The van der Waals surface area contributed by atoms with Gasteiger partial charge in [-0.3, -0.25) is 4.90 Å². The molecule has 1 amide bonds. The Morgan fingerprint density at radius 2 is 1.83 bits per heavy atom. The molecular formula is C30H33F5N7O3P. The SMILES string of the molecule is COc1ccc(C/C(N)=N/NN)cc1-c1ccc(N2CCC2)nc1CN1C(=O)OC(c2cc(C(F)(F)F)cc(C(F)(F)P)c2)C1C. The summed E-state index contributed by atoms with van der Waals surface area (Å²) in [4.78, 5) is 21.5. The van der Waals surface area contributed by atoms with Crippen molar-refractivity contribution < 1.29 is 36.2 Å². The van der Waals surface area contributed by atoms with E-state index in [-0.39, 0.29) is 24.4 Å². The van der Waals surface area contributed by atoms with E-state index in [1.54, 1.807) is 13.0 Å². The van der Waals surface area contributed by atoms with Gasteiger partial charge in [0.2, 0.25) is 0 Å². The zero-order valence-corrected chi connectivity index (χ0v) is 26.1. The molecule has 3 atom stereocenters. The van der Waals surface area contributed by atoms with Gasteiger partial charge in [0.25, 0.3) is 5.66 Å². The number of hydrazine groups is 1. The monoisotopic (exact) mass is 665 g/mol. The molecular weight excluding hydrogens is 632 g/mol. The zero-order chi connectivity index (χ0) is 33.4. The molecule has 5 rings (SSSR count). The van der Waals surface area contributed by atoms with Crippen molar-refractivity contribution >= 4 is 27.0 Å². The predicted octanol–water partition coefficient (Wildman–Crippen LogP) is 5.27. The standard InChI is InChI=1S/C30H33F5N7O3P/c1-16-27(18-12-19(29(31,32)33)14-20(13-18)30(34,35)46)45-28(43)42(16)15-23-21(5-7-26(38-23)41-8-3-9-41)22-10-17(4-6-24(22)44-2)11-25(36)39-40-37/h4-7,10,12-14,16,27,40H,3,8-9,11,15,37,46H2,1-2H3,(H2,36,39). The van der Waals surface area contributed by atoms with E-state index >= 15 is 0 Å². The van der Waals surface area contributed by atoms with Crippen LogP contribution in [0.25, 0.3) is 11.1 Å².